The molecule has 5 heteroatoms. The topological polar surface area (TPSA) is 76.1 Å². The normalized spacial score (nSPS) is 40.8. The number of fused-ring (bicyclic) bond motifs is 2. The van der Waals surface area contributed by atoms with Crippen LogP contribution in [0.25, 0.3) is 0 Å². The summed E-state index contributed by atoms with van der Waals surface area (Å²) in [6, 6.07) is 0. The molecule has 1 aliphatic carbocycles. The van der Waals surface area contributed by atoms with Gasteiger partial charge >= 0.3 is 5.97 Å². The molecule has 2 saturated heterocycles. The van der Waals surface area contributed by atoms with Crippen molar-refractivity contribution in [2.24, 2.45) is 5.92 Å². The molecule has 2 aliphatic heterocycles. The first kappa shape index (κ1) is 18.1. The van der Waals surface area contributed by atoms with Crippen LogP contribution in [0.5, 0.6) is 0 Å². The largest absolute Gasteiger partial charge is 0.450 e. The van der Waals surface area contributed by atoms with Gasteiger partial charge in [-0.3, -0.25) is 4.79 Å². The van der Waals surface area contributed by atoms with Gasteiger partial charge in [-0.05, 0) is 51.5 Å². The van der Waals surface area contributed by atoms with E-state index in [-0.39, 0.29) is 24.4 Å². The fraction of sp³-hybridized carbons (Fsp3) is 0.600. The van der Waals surface area contributed by atoms with Crippen molar-refractivity contribution in [1.29, 1.82) is 0 Å². The van der Waals surface area contributed by atoms with E-state index in [1.54, 1.807) is 6.92 Å². The van der Waals surface area contributed by atoms with Crippen LogP contribution in [0.4, 0.5) is 0 Å². The molecule has 0 bridgehead atoms. The van der Waals surface area contributed by atoms with Gasteiger partial charge in [0, 0.05) is 11.5 Å². The fourth-order valence-electron chi connectivity index (χ4n) is 3.80. The second-order valence-electron chi connectivity index (χ2n) is 7.40. The average molecular weight is 346 g/mol. The van der Waals surface area contributed by atoms with Crippen LogP contribution in [0.1, 0.15) is 46.0 Å². The van der Waals surface area contributed by atoms with Gasteiger partial charge in [-0.15, -0.1) is 0 Å². The van der Waals surface area contributed by atoms with Crippen LogP contribution in [0.3, 0.4) is 0 Å². The van der Waals surface area contributed by atoms with E-state index in [1.165, 1.54) is 5.57 Å². The molecule has 0 unspecified atom stereocenters. The Bertz CT molecular complexity index is 659. The molecular formula is C20H26O5. The van der Waals surface area contributed by atoms with Gasteiger partial charge in [0.25, 0.3) is 0 Å². The Balaban J connectivity index is 1.87. The molecule has 2 heterocycles. The standard InChI is InChI=1S/C20H26O5/c1-12-6-4-8-13(2)17(22)18-15(14(3)19(23)24-18)10-16-20(11-21,25-16)9-5-7-12/h7-8,15-16,18,21H,3-6,9-11H2,1-2H3/b12-7-,13-8-/t15-,16-,18-,20+/m1/s1. The van der Waals surface area contributed by atoms with Gasteiger partial charge in [-0.1, -0.05) is 24.3 Å². The minimum absolute atomic E-state index is 0.0594. The molecule has 0 spiro atoms. The molecule has 0 aromatic carbocycles. The average Bonchev–Trinajstić information content (AvgIpc) is 3.20. The molecule has 2 fully saturated rings. The molecule has 3 rings (SSSR count). The summed E-state index contributed by atoms with van der Waals surface area (Å²) in [6.45, 7) is 7.60. The number of hydrogen-bond acceptors (Lipinski definition) is 5. The molecule has 0 saturated carbocycles. The van der Waals surface area contributed by atoms with E-state index < -0.39 is 17.7 Å². The summed E-state index contributed by atoms with van der Waals surface area (Å²) in [6.07, 6.45) is 6.79. The molecule has 1 N–H and O–H groups in total. The number of esters is 1. The number of hydrogen-bond donors (Lipinski definition) is 1. The minimum atomic E-state index is -0.823. The SMILES string of the molecule is C=C1C(=O)O[C@H]2C(=O)/C(C)=C\CC/C(C)=C\CC[C@@]3(CO)O[C@@H]3C[C@H]12. The van der Waals surface area contributed by atoms with Gasteiger partial charge < -0.3 is 14.6 Å². The van der Waals surface area contributed by atoms with Crippen molar-refractivity contribution in [2.45, 2.75) is 63.8 Å². The van der Waals surface area contributed by atoms with E-state index >= 15 is 0 Å². The number of Topliss-reactive ketones (excluding diaryl/α,β-unsaturated/α-hetero) is 1. The van der Waals surface area contributed by atoms with Crippen molar-refractivity contribution in [2.75, 3.05) is 6.61 Å². The van der Waals surface area contributed by atoms with Crippen molar-refractivity contribution in [3.63, 3.8) is 0 Å². The maximum atomic E-state index is 12.7. The lowest BCUT2D eigenvalue weighted by Gasteiger charge is -2.17. The van der Waals surface area contributed by atoms with E-state index in [2.05, 4.69) is 19.6 Å². The van der Waals surface area contributed by atoms with Crippen molar-refractivity contribution in [1.82, 2.24) is 0 Å². The Hall–Kier alpha value is -1.72. The van der Waals surface area contributed by atoms with E-state index in [0.717, 1.165) is 25.7 Å². The van der Waals surface area contributed by atoms with Crippen molar-refractivity contribution in [3.05, 3.63) is 35.5 Å². The molecule has 5 nitrogen and oxygen atoms in total. The lowest BCUT2D eigenvalue weighted by atomic mass is 9.84. The summed E-state index contributed by atoms with van der Waals surface area (Å²) in [7, 11) is 0. The molecule has 25 heavy (non-hydrogen) atoms. The first-order valence-electron chi connectivity index (χ1n) is 8.93. The highest BCUT2D eigenvalue weighted by Crippen LogP contribution is 2.47. The van der Waals surface area contributed by atoms with E-state index in [0.29, 0.717) is 17.6 Å². The summed E-state index contributed by atoms with van der Waals surface area (Å²) in [5, 5.41) is 9.77. The summed E-state index contributed by atoms with van der Waals surface area (Å²) < 4.78 is 11.1. The molecular weight excluding hydrogens is 320 g/mol. The second kappa shape index (κ2) is 6.89. The Labute approximate surface area is 148 Å². The number of allylic oxidation sites excluding steroid dienone is 3. The predicted octanol–water partition coefficient (Wildman–Crippen LogP) is 2.64. The third-order valence-electron chi connectivity index (χ3n) is 5.65. The van der Waals surface area contributed by atoms with Crippen molar-refractivity contribution >= 4 is 11.8 Å². The molecule has 4 atom stereocenters. The Morgan fingerprint density at radius 1 is 1.28 bits per heavy atom. The van der Waals surface area contributed by atoms with E-state index in [9.17, 15) is 14.7 Å². The number of aliphatic hydroxyl groups excluding tert-OH is 1. The molecule has 136 valence electrons. The van der Waals surface area contributed by atoms with Crippen LogP contribution in [0, 0.1) is 5.92 Å². The summed E-state index contributed by atoms with van der Waals surface area (Å²) in [5.74, 6) is -1.05. The highest BCUT2D eigenvalue weighted by Gasteiger charge is 2.58. The lowest BCUT2D eigenvalue weighted by molar-refractivity contribution is -0.145. The van der Waals surface area contributed by atoms with Gasteiger partial charge in [0.05, 0.1) is 12.7 Å². The minimum Gasteiger partial charge on any atom is -0.450 e. The van der Waals surface area contributed by atoms with Gasteiger partial charge in [-0.25, -0.2) is 4.79 Å². The molecule has 0 amide bonds. The Kier molecular flexibility index (Phi) is 4.98. The van der Waals surface area contributed by atoms with Crippen LogP contribution in [0.2, 0.25) is 0 Å². The summed E-state index contributed by atoms with van der Waals surface area (Å²) in [4.78, 5) is 24.7. The lowest BCUT2D eigenvalue weighted by Crippen LogP contribution is -2.30. The van der Waals surface area contributed by atoms with E-state index in [1.807, 2.05) is 6.08 Å². The predicted molar refractivity (Wildman–Crippen MR) is 92.8 cm³/mol. The van der Waals surface area contributed by atoms with Gasteiger partial charge in [0.2, 0.25) is 0 Å². The zero-order chi connectivity index (χ0) is 18.2. The number of carbonyl (C=O) groups excluding carboxylic acids is 2. The first-order chi connectivity index (χ1) is 11.9. The van der Waals surface area contributed by atoms with Crippen molar-refractivity contribution < 1.29 is 24.2 Å². The summed E-state index contributed by atoms with van der Waals surface area (Å²) >= 11 is 0. The van der Waals surface area contributed by atoms with Crippen LogP contribution in [-0.2, 0) is 19.1 Å². The third kappa shape index (κ3) is 3.48. The molecule has 0 radical (unpaired) electrons. The first-order valence-corrected chi connectivity index (χ1v) is 8.93. The molecule has 0 aromatic heterocycles. The monoisotopic (exact) mass is 346 g/mol. The quantitative estimate of drug-likeness (QED) is 0.342. The Morgan fingerprint density at radius 2 is 2.04 bits per heavy atom. The maximum Gasteiger partial charge on any atom is 0.334 e. The number of carbonyl (C=O) groups is 2. The zero-order valence-corrected chi connectivity index (χ0v) is 14.9. The molecule has 3 aliphatic rings. The maximum absolute atomic E-state index is 12.7. The Morgan fingerprint density at radius 3 is 2.76 bits per heavy atom. The number of aliphatic hydroxyl groups is 1. The highest BCUT2D eigenvalue weighted by molar-refractivity contribution is 6.04. The zero-order valence-electron chi connectivity index (χ0n) is 14.9. The van der Waals surface area contributed by atoms with Gasteiger partial charge in [-0.2, -0.15) is 0 Å². The number of ether oxygens (including phenoxy) is 2. The van der Waals surface area contributed by atoms with Crippen LogP contribution >= 0.6 is 0 Å². The number of epoxide rings is 1. The summed E-state index contributed by atoms with van der Waals surface area (Å²) in [5.41, 5.74) is 1.65. The number of ketones is 1. The highest BCUT2D eigenvalue weighted by atomic mass is 16.6. The second-order valence-corrected chi connectivity index (χ2v) is 7.40. The van der Waals surface area contributed by atoms with Gasteiger partial charge in [0.15, 0.2) is 11.9 Å². The smallest absolute Gasteiger partial charge is 0.334 e. The van der Waals surface area contributed by atoms with Gasteiger partial charge in [0.1, 0.15) is 5.60 Å². The third-order valence-corrected chi connectivity index (χ3v) is 5.65. The van der Waals surface area contributed by atoms with Crippen LogP contribution < -0.4 is 0 Å². The molecule has 0 aromatic rings. The van der Waals surface area contributed by atoms with Crippen LogP contribution in [0.15, 0.2) is 35.5 Å². The van der Waals surface area contributed by atoms with E-state index in [4.69, 9.17) is 9.47 Å². The number of rotatable bonds is 1. The van der Waals surface area contributed by atoms with Crippen LogP contribution in [-0.4, -0.2) is 41.3 Å². The van der Waals surface area contributed by atoms with Crippen molar-refractivity contribution in [3.8, 4) is 0 Å². The fourth-order valence-corrected chi connectivity index (χ4v) is 3.80.